The largest absolute Gasteiger partial charge is 0.374 e. The molecule has 0 bridgehead atoms. The molecule has 2 unspecified atom stereocenters. The van der Waals surface area contributed by atoms with Crippen molar-refractivity contribution in [3.8, 4) is 0 Å². The quantitative estimate of drug-likeness (QED) is 0.643. The molecular weight excluding hydrogens is 196 g/mol. The summed E-state index contributed by atoms with van der Waals surface area (Å²) in [5.74, 6) is 1.52. The van der Waals surface area contributed by atoms with Crippen molar-refractivity contribution in [2.75, 3.05) is 6.61 Å². The third kappa shape index (κ3) is 2.07. The molecule has 1 fully saturated rings. The maximum absolute atomic E-state index is 6.27. The fraction of sp³-hybridized carbons (Fsp3) is 0.867. The molecule has 2 atom stereocenters. The van der Waals surface area contributed by atoms with Gasteiger partial charge in [0, 0.05) is 5.92 Å². The van der Waals surface area contributed by atoms with Gasteiger partial charge in [-0.2, -0.15) is 0 Å². The van der Waals surface area contributed by atoms with Crippen molar-refractivity contribution in [1.29, 1.82) is 0 Å². The molecule has 0 aromatic heterocycles. The third-order valence-electron chi connectivity index (χ3n) is 4.42. The van der Waals surface area contributed by atoms with Crippen molar-refractivity contribution in [2.45, 2.75) is 64.9 Å². The van der Waals surface area contributed by atoms with Crippen LogP contribution in [0.25, 0.3) is 0 Å². The van der Waals surface area contributed by atoms with Gasteiger partial charge >= 0.3 is 0 Å². The van der Waals surface area contributed by atoms with E-state index >= 15 is 0 Å². The van der Waals surface area contributed by atoms with Crippen molar-refractivity contribution in [2.24, 2.45) is 11.8 Å². The second-order valence-corrected chi connectivity index (χ2v) is 5.71. The lowest BCUT2D eigenvalue weighted by Crippen LogP contribution is -2.37. The number of allylic oxidation sites excluding steroid dienone is 1. The van der Waals surface area contributed by atoms with E-state index in [1.54, 1.807) is 5.57 Å². The molecule has 1 aliphatic heterocycles. The lowest BCUT2D eigenvalue weighted by atomic mass is 9.71. The van der Waals surface area contributed by atoms with E-state index in [0.717, 1.165) is 12.5 Å². The van der Waals surface area contributed by atoms with Crippen LogP contribution in [0.4, 0.5) is 0 Å². The van der Waals surface area contributed by atoms with E-state index in [9.17, 15) is 0 Å². The van der Waals surface area contributed by atoms with E-state index in [-0.39, 0.29) is 5.60 Å². The average molecular weight is 222 g/mol. The number of hydrogen-bond acceptors (Lipinski definition) is 1. The maximum Gasteiger partial charge on any atom is 0.0748 e. The molecule has 2 aliphatic rings. The van der Waals surface area contributed by atoms with Crippen LogP contribution < -0.4 is 0 Å². The number of fused-ring (bicyclic) bond motifs is 1. The summed E-state index contributed by atoms with van der Waals surface area (Å²) in [4.78, 5) is 0. The van der Waals surface area contributed by atoms with E-state index < -0.39 is 0 Å². The summed E-state index contributed by atoms with van der Waals surface area (Å²) in [5, 5.41) is 0. The minimum absolute atomic E-state index is 0.190. The summed E-state index contributed by atoms with van der Waals surface area (Å²) in [7, 11) is 0. The first-order valence-corrected chi connectivity index (χ1v) is 7.03. The highest BCUT2D eigenvalue weighted by Crippen LogP contribution is 2.48. The van der Waals surface area contributed by atoms with E-state index in [0.29, 0.717) is 5.92 Å². The molecule has 0 aromatic carbocycles. The third-order valence-corrected chi connectivity index (χ3v) is 4.42. The number of ether oxygens (including phenoxy) is 1. The summed E-state index contributed by atoms with van der Waals surface area (Å²) in [6.45, 7) is 7.87. The predicted octanol–water partition coefficient (Wildman–Crippen LogP) is 4.33. The molecule has 1 aliphatic carbocycles. The zero-order valence-corrected chi connectivity index (χ0v) is 11.1. The number of hydrogen-bond donors (Lipinski definition) is 0. The molecule has 1 nitrogen and oxygen atoms in total. The second-order valence-electron chi connectivity index (χ2n) is 5.71. The maximum atomic E-state index is 6.27. The van der Waals surface area contributed by atoms with Gasteiger partial charge in [-0.3, -0.25) is 0 Å². The summed E-state index contributed by atoms with van der Waals surface area (Å²) < 4.78 is 6.27. The Bertz CT molecular complexity index is 261. The Morgan fingerprint density at radius 1 is 1.31 bits per heavy atom. The lowest BCUT2D eigenvalue weighted by molar-refractivity contribution is -0.0269. The SMILES string of the molecule is CCCC1(CCC)OCC2CCC(C)=CC21. The van der Waals surface area contributed by atoms with Crippen LogP contribution in [0.2, 0.25) is 0 Å². The normalized spacial score (nSPS) is 32.3. The molecule has 0 spiro atoms. The highest BCUT2D eigenvalue weighted by Gasteiger charge is 2.47. The van der Waals surface area contributed by atoms with Crippen LogP contribution in [0.3, 0.4) is 0 Å². The van der Waals surface area contributed by atoms with Crippen LogP contribution >= 0.6 is 0 Å². The van der Waals surface area contributed by atoms with Crippen LogP contribution in [0.5, 0.6) is 0 Å². The zero-order chi connectivity index (χ0) is 11.6. The first-order valence-electron chi connectivity index (χ1n) is 7.03. The molecular formula is C15H26O. The first-order chi connectivity index (χ1) is 7.72. The minimum atomic E-state index is 0.190. The number of rotatable bonds is 4. The van der Waals surface area contributed by atoms with Gasteiger partial charge in [-0.05, 0) is 38.5 Å². The molecule has 16 heavy (non-hydrogen) atoms. The van der Waals surface area contributed by atoms with Crippen LogP contribution in [0.1, 0.15) is 59.3 Å². The summed E-state index contributed by atoms with van der Waals surface area (Å²) in [5.41, 5.74) is 1.78. The predicted molar refractivity (Wildman–Crippen MR) is 68.5 cm³/mol. The standard InChI is InChI=1S/C15H26O/c1-4-8-15(9-5-2)14-10-12(3)6-7-13(14)11-16-15/h10,13-14H,4-9,11H2,1-3H3. The van der Waals surface area contributed by atoms with E-state index in [1.165, 1.54) is 38.5 Å². The van der Waals surface area contributed by atoms with Gasteiger partial charge in [-0.25, -0.2) is 0 Å². The van der Waals surface area contributed by atoms with Crippen LogP contribution in [-0.4, -0.2) is 12.2 Å². The summed E-state index contributed by atoms with van der Waals surface area (Å²) in [6, 6.07) is 0. The Labute approximate surface area is 100 Å². The smallest absolute Gasteiger partial charge is 0.0748 e. The van der Waals surface area contributed by atoms with Gasteiger partial charge in [0.25, 0.3) is 0 Å². The fourth-order valence-corrected chi connectivity index (χ4v) is 3.71. The van der Waals surface area contributed by atoms with Crippen molar-refractivity contribution in [1.82, 2.24) is 0 Å². The molecule has 2 rings (SSSR count). The monoisotopic (exact) mass is 222 g/mol. The molecule has 1 heteroatoms. The van der Waals surface area contributed by atoms with Crippen LogP contribution in [0.15, 0.2) is 11.6 Å². The van der Waals surface area contributed by atoms with Crippen molar-refractivity contribution >= 4 is 0 Å². The molecule has 92 valence electrons. The minimum Gasteiger partial charge on any atom is -0.374 e. The van der Waals surface area contributed by atoms with Gasteiger partial charge < -0.3 is 4.74 Å². The molecule has 0 N–H and O–H groups in total. The molecule has 0 amide bonds. The van der Waals surface area contributed by atoms with Gasteiger partial charge in [-0.1, -0.05) is 38.3 Å². The van der Waals surface area contributed by atoms with Crippen molar-refractivity contribution < 1.29 is 4.74 Å². The van der Waals surface area contributed by atoms with E-state index in [1.807, 2.05) is 0 Å². The van der Waals surface area contributed by atoms with Crippen LogP contribution in [-0.2, 0) is 4.74 Å². The Balaban J connectivity index is 2.21. The zero-order valence-electron chi connectivity index (χ0n) is 11.1. The Morgan fingerprint density at radius 2 is 2.00 bits per heavy atom. The molecule has 0 radical (unpaired) electrons. The Morgan fingerprint density at radius 3 is 2.62 bits per heavy atom. The Hall–Kier alpha value is -0.300. The van der Waals surface area contributed by atoms with Gasteiger partial charge in [0.05, 0.1) is 12.2 Å². The molecule has 0 aromatic rings. The molecule has 0 saturated carbocycles. The Kier molecular flexibility index (Phi) is 3.73. The van der Waals surface area contributed by atoms with Crippen molar-refractivity contribution in [3.05, 3.63) is 11.6 Å². The molecule has 1 saturated heterocycles. The second kappa shape index (κ2) is 4.91. The average Bonchev–Trinajstić information content (AvgIpc) is 2.59. The van der Waals surface area contributed by atoms with E-state index in [4.69, 9.17) is 4.74 Å². The van der Waals surface area contributed by atoms with Crippen molar-refractivity contribution in [3.63, 3.8) is 0 Å². The lowest BCUT2D eigenvalue weighted by Gasteiger charge is -2.36. The van der Waals surface area contributed by atoms with E-state index in [2.05, 4.69) is 26.8 Å². The topological polar surface area (TPSA) is 9.23 Å². The van der Waals surface area contributed by atoms with Gasteiger partial charge in [0.15, 0.2) is 0 Å². The summed E-state index contributed by atoms with van der Waals surface area (Å²) >= 11 is 0. The highest BCUT2D eigenvalue weighted by atomic mass is 16.5. The van der Waals surface area contributed by atoms with Gasteiger partial charge in [-0.15, -0.1) is 0 Å². The summed E-state index contributed by atoms with van der Waals surface area (Å²) in [6.07, 6.45) is 10.2. The highest BCUT2D eigenvalue weighted by molar-refractivity contribution is 5.15. The van der Waals surface area contributed by atoms with Gasteiger partial charge in [0.2, 0.25) is 0 Å². The van der Waals surface area contributed by atoms with Crippen LogP contribution in [0, 0.1) is 11.8 Å². The first kappa shape index (κ1) is 12.2. The molecule has 1 heterocycles. The van der Waals surface area contributed by atoms with Gasteiger partial charge in [0.1, 0.15) is 0 Å². The fourth-order valence-electron chi connectivity index (χ4n) is 3.71.